The molecule has 1 aromatic carbocycles. The second-order valence-electron chi connectivity index (χ2n) is 6.92. The second kappa shape index (κ2) is 8.09. The van der Waals surface area contributed by atoms with Crippen molar-refractivity contribution in [3.05, 3.63) is 50.8 Å². The van der Waals surface area contributed by atoms with Crippen LogP contribution < -0.4 is 5.32 Å². The highest BCUT2D eigenvalue weighted by molar-refractivity contribution is 9.11. The molecule has 2 aromatic heterocycles. The molecule has 1 aliphatic rings. The highest BCUT2D eigenvalue weighted by atomic mass is 79.9. The molecule has 0 radical (unpaired) electrons. The predicted octanol–water partition coefficient (Wildman–Crippen LogP) is 6.19. The Morgan fingerprint density at radius 2 is 2.08 bits per heavy atom. The molecule has 6 heteroatoms. The van der Waals surface area contributed by atoms with Crippen LogP contribution in [0.3, 0.4) is 0 Å². The van der Waals surface area contributed by atoms with Crippen molar-refractivity contribution in [3.63, 3.8) is 0 Å². The van der Waals surface area contributed by atoms with Gasteiger partial charge in [-0.1, -0.05) is 28.8 Å². The molecule has 3 heterocycles. The highest BCUT2D eigenvalue weighted by Gasteiger charge is 2.22. The van der Waals surface area contributed by atoms with Gasteiger partial charge in [0.25, 0.3) is 0 Å². The monoisotopic (exact) mass is 476 g/mol. The van der Waals surface area contributed by atoms with Crippen molar-refractivity contribution in [1.82, 2.24) is 15.0 Å². The van der Waals surface area contributed by atoms with Gasteiger partial charge in [0.1, 0.15) is 5.82 Å². The van der Waals surface area contributed by atoms with Crippen molar-refractivity contribution in [2.24, 2.45) is 0 Å². The fraction of sp³-hybridized carbons (Fsp3) is 0.400. The number of aromatic amines is 1. The first-order chi connectivity index (χ1) is 12.7. The van der Waals surface area contributed by atoms with E-state index in [1.54, 1.807) is 6.20 Å². The van der Waals surface area contributed by atoms with Gasteiger partial charge in [-0.25, -0.2) is 9.97 Å². The van der Waals surface area contributed by atoms with Crippen molar-refractivity contribution in [3.8, 4) is 0 Å². The summed E-state index contributed by atoms with van der Waals surface area (Å²) in [5, 5.41) is 3.54. The summed E-state index contributed by atoms with van der Waals surface area (Å²) in [7, 11) is 0. The van der Waals surface area contributed by atoms with Gasteiger partial charge in [0, 0.05) is 28.1 Å². The Kier molecular flexibility index (Phi) is 5.60. The fourth-order valence-electron chi connectivity index (χ4n) is 3.80. The number of imidazole rings is 1. The number of fused-ring (bicyclic) bond motifs is 2. The van der Waals surface area contributed by atoms with Gasteiger partial charge in [0.15, 0.2) is 5.65 Å². The summed E-state index contributed by atoms with van der Waals surface area (Å²) >= 11 is 7.31. The van der Waals surface area contributed by atoms with Gasteiger partial charge in [0.05, 0.1) is 11.2 Å². The van der Waals surface area contributed by atoms with Crippen LogP contribution in [-0.2, 0) is 6.42 Å². The molecule has 1 aliphatic heterocycles. The molecule has 0 unspecified atom stereocenters. The van der Waals surface area contributed by atoms with E-state index in [2.05, 4.69) is 64.3 Å². The van der Waals surface area contributed by atoms with Gasteiger partial charge < -0.3 is 10.3 Å². The summed E-state index contributed by atoms with van der Waals surface area (Å²) in [5.74, 6) is 1.70. The smallest absolute Gasteiger partial charge is 0.177 e. The third kappa shape index (κ3) is 3.96. The van der Waals surface area contributed by atoms with Crippen LogP contribution in [0.5, 0.6) is 0 Å². The van der Waals surface area contributed by atoms with E-state index in [-0.39, 0.29) is 0 Å². The second-order valence-corrected chi connectivity index (χ2v) is 8.69. The highest BCUT2D eigenvalue weighted by Crippen LogP contribution is 2.41. The lowest BCUT2D eigenvalue weighted by molar-refractivity contribution is 0.527. The zero-order valence-corrected chi connectivity index (χ0v) is 17.7. The predicted molar refractivity (Wildman–Crippen MR) is 114 cm³/mol. The van der Waals surface area contributed by atoms with E-state index in [0.29, 0.717) is 5.92 Å². The lowest BCUT2D eigenvalue weighted by Crippen LogP contribution is -2.17. The zero-order valence-electron chi connectivity index (χ0n) is 14.6. The minimum absolute atomic E-state index is 0.649. The first kappa shape index (κ1) is 18.0. The van der Waals surface area contributed by atoms with Gasteiger partial charge in [-0.05, 0) is 70.9 Å². The summed E-state index contributed by atoms with van der Waals surface area (Å²) < 4.78 is 2.31. The maximum Gasteiger partial charge on any atom is 0.177 e. The van der Waals surface area contributed by atoms with Crippen molar-refractivity contribution >= 4 is 48.7 Å². The summed E-state index contributed by atoms with van der Waals surface area (Å²) in [6, 6.07) is 8.37. The molecule has 3 aromatic rings. The molecular weight excluding hydrogens is 456 g/mol. The number of rotatable bonds is 6. The standard InChI is InChI=1S/C20H22Br2N4/c21-14-11-15-13(8-10-23-19(15)16(22)12-14)5-2-1-3-7-18-25-17-6-4-9-24-20(17)26-18/h4,6,9,11-13,23H,1-3,5,7-8,10H2,(H,24,25,26)/t13-/m0/s1. The number of aryl methyl sites for hydroxylation is 1. The van der Waals surface area contributed by atoms with E-state index in [9.17, 15) is 0 Å². The van der Waals surface area contributed by atoms with Gasteiger partial charge in [-0.2, -0.15) is 0 Å². The van der Waals surface area contributed by atoms with Crippen LogP contribution in [-0.4, -0.2) is 21.5 Å². The van der Waals surface area contributed by atoms with Gasteiger partial charge in [-0.15, -0.1) is 0 Å². The minimum Gasteiger partial charge on any atom is -0.384 e. The van der Waals surface area contributed by atoms with Crippen LogP contribution in [0.25, 0.3) is 11.2 Å². The maximum atomic E-state index is 4.56. The van der Waals surface area contributed by atoms with Gasteiger partial charge in [0.2, 0.25) is 0 Å². The number of H-pyrrole nitrogens is 1. The molecule has 0 spiro atoms. The normalized spacial score (nSPS) is 16.5. The number of hydrogen-bond acceptors (Lipinski definition) is 3. The Hall–Kier alpha value is -1.40. The summed E-state index contributed by atoms with van der Waals surface area (Å²) in [6.07, 6.45) is 8.91. The van der Waals surface area contributed by atoms with Crippen LogP contribution >= 0.6 is 31.9 Å². The topological polar surface area (TPSA) is 53.6 Å². The van der Waals surface area contributed by atoms with Crippen LogP contribution in [0.2, 0.25) is 0 Å². The molecule has 4 nitrogen and oxygen atoms in total. The Morgan fingerprint density at radius 3 is 2.96 bits per heavy atom. The Bertz CT molecular complexity index is 873. The number of aromatic nitrogens is 3. The number of nitrogens with zero attached hydrogens (tertiary/aromatic N) is 2. The molecule has 1 atom stereocenters. The van der Waals surface area contributed by atoms with E-state index < -0.39 is 0 Å². The number of benzene rings is 1. The van der Waals surface area contributed by atoms with Crippen LogP contribution in [0.1, 0.15) is 49.4 Å². The lowest BCUT2D eigenvalue weighted by Gasteiger charge is -2.28. The summed E-state index contributed by atoms with van der Waals surface area (Å²) in [6.45, 7) is 1.06. The SMILES string of the molecule is Brc1cc(Br)c2c(c1)[C@@H](CCCCCc1nc3ncccc3[nH]1)CCN2. The quantitative estimate of drug-likeness (QED) is 0.416. The molecule has 0 amide bonds. The van der Waals surface area contributed by atoms with Crippen molar-refractivity contribution in [2.45, 2.75) is 44.4 Å². The molecule has 0 bridgehead atoms. The molecule has 136 valence electrons. The largest absolute Gasteiger partial charge is 0.384 e. The van der Waals surface area contributed by atoms with E-state index in [1.807, 2.05) is 12.1 Å². The number of nitrogens with one attached hydrogen (secondary N) is 2. The van der Waals surface area contributed by atoms with Crippen LogP contribution in [0.4, 0.5) is 5.69 Å². The van der Waals surface area contributed by atoms with Gasteiger partial charge in [-0.3, -0.25) is 0 Å². The molecule has 2 N–H and O–H groups in total. The zero-order chi connectivity index (χ0) is 17.9. The summed E-state index contributed by atoms with van der Waals surface area (Å²) in [4.78, 5) is 12.2. The fourth-order valence-corrected chi connectivity index (χ4v) is 5.20. The number of pyridine rings is 1. The number of halogens is 2. The van der Waals surface area contributed by atoms with E-state index >= 15 is 0 Å². The summed E-state index contributed by atoms with van der Waals surface area (Å²) in [5.41, 5.74) is 4.58. The molecule has 0 fully saturated rings. The molecule has 4 rings (SSSR count). The lowest BCUT2D eigenvalue weighted by atomic mass is 9.87. The van der Waals surface area contributed by atoms with Gasteiger partial charge >= 0.3 is 0 Å². The Labute approximate surface area is 170 Å². The van der Waals surface area contributed by atoms with Crippen LogP contribution in [0.15, 0.2) is 39.4 Å². The van der Waals surface area contributed by atoms with E-state index in [0.717, 1.165) is 38.9 Å². The minimum atomic E-state index is 0.649. The Morgan fingerprint density at radius 1 is 1.15 bits per heavy atom. The first-order valence-electron chi connectivity index (χ1n) is 9.23. The molecule has 26 heavy (non-hydrogen) atoms. The van der Waals surface area contributed by atoms with E-state index in [4.69, 9.17) is 0 Å². The molecule has 0 aliphatic carbocycles. The average Bonchev–Trinajstić information content (AvgIpc) is 3.04. The molecule has 0 saturated carbocycles. The number of unbranched alkanes of at least 4 members (excludes halogenated alkanes) is 2. The van der Waals surface area contributed by atoms with Crippen molar-refractivity contribution < 1.29 is 0 Å². The molecule has 0 saturated heterocycles. The third-order valence-electron chi connectivity index (χ3n) is 5.09. The van der Waals surface area contributed by atoms with Crippen molar-refractivity contribution in [2.75, 3.05) is 11.9 Å². The number of hydrogen-bond donors (Lipinski definition) is 2. The third-order valence-corrected chi connectivity index (χ3v) is 6.18. The maximum absolute atomic E-state index is 4.56. The van der Waals surface area contributed by atoms with Crippen molar-refractivity contribution in [1.29, 1.82) is 0 Å². The average molecular weight is 478 g/mol. The molecular formula is C20H22Br2N4. The van der Waals surface area contributed by atoms with Crippen LogP contribution in [0, 0.1) is 0 Å². The number of anilines is 1. The first-order valence-corrected chi connectivity index (χ1v) is 10.8. The Balaban J connectivity index is 1.29. The van der Waals surface area contributed by atoms with E-state index in [1.165, 1.54) is 43.4 Å².